The maximum Gasteiger partial charge on any atom is 0.166 e. The molecule has 0 aliphatic rings. The Morgan fingerprint density at radius 3 is 2.61 bits per heavy atom. The normalized spacial score (nSPS) is 12.3. The highest BCUT2D eigenvalue weighted by Crippen LogP contribution is 2.26. The van der Waals surface area contributed by atoms with Gasteiger partial charge in [-0.25, -0.2) is 0 Å². The highest BCUT2D eigenvalue weighted by Gasteiger charge is 2.16. The molecule has 1 atom stereocenters. The zero-order valence-corrected chi connectivity index (χ0v) is 11.7. The van der Waals surface area contributed by atoms with Gasteiger partial charge in [0.15, 0.2) is 5.78 Å². The Hall–Kier alpha value is -1.35. The predicted octanol–water partition coefficient (Wildman–Crippen LogP) is 2.87. The van der Waals surface area contributed by atoms with E-state index < -0.39 is 0 Å². The monoisotopic (exact) mass is 249 g/mol. The average molecular weight is 249 g/mol. The van der Waals surface area contributed by atoms with Gasteiger partial charge in [-0.05, 0) is 49.9 Å². The van der Waals surface area contributed by atoms with Crippen LogP contribution < -0.4 is 10.5 Å². The molecule has 0 saturated carbocycles. The maximum atomic E-state index is 12.3. The topological polar surface area (TPSA) is 52.3 Å². The van der Waals surface area contributed by atoms with Gasteiger partial charge in [0.1, 0.15) is 5.75 Å². The summed E-state index contributed by atoms with van der Waals surface area (Å²) in [6.45, 7) is 6.64. The van der Waals surface area contributed by atoms with Crippen molar-refractivity contribution in [3.05, 3.63) is 28.8 Å². The number of hydrogen-bond donors (Lipinski definition) is 1. The van der Waals surface area contributed by atoms with Crippen LogP contribution in [0.15, 0.2) is 12.1 Å². The second-order valence-electron chi connectivity index (χ2n) is 4.96. The van der Waals surface area contributed by atoms with Gasteiger partial charge in [-0.1, -0.05) is 13.0 Å². The molecule has 0 aromatic heterocycles. The molecule has 0 aliphatic heterocycles. The second kappa shape index (κ2) is 6.55. The van der Waals surface area contributed by atoms with E-state index in [4.69, 9.17) is 10.5 Å². The van der Waals surface area contributed by atoms with Gasteiger partial charge < -0.3 is 10.5 Å². The number of ketones is 1. The van der Waals surface area contributed by atoms with Crippen molar-refractivity contribution in [2.75, 3.05) is 13.7 Å². The van der Waals surface area contributed by atoms with Gasteiger partial charge in [0.05, 0.1) is 12.7 Å². The lowest BCUT2D eigenvalue weighted by molar-refractivity contribution is 0.0971. The molecule has 3 heteroatoms. The number of Topliss-reactive ketones (excluding diaryl/α,β-unsaturated/α-hetero) is 1. The van der Waals surface area contributed by atoms with Crippen LogP contribution in [0.3, 0.4) is 0 Å². The quantitative estimate of drug-likeness (QED) is 0.789. The number of nitrogens with two attached hydrogens (primary N) is 1. The maximum absolute atomic E-state index is 12.3. The predicted molar refractivity (Wildman–Crippen MR) is 74.3 cm³/mol. The Labute approximate surface area is 109 Å². The smallest absolute Gasteiger partial charge is 0.166 e. The molecule has 2 N–H and O–H groups in total. The number of carbonyl (C=O) groups is 1. The van der Waals surface area contributed by atoms with E-state index in [2.05, 4.69) is 6.92 Å². The molecule has 18 heavy (non-hydrogen) atoms. The summed E-state index contributed by atoms with van der Waals surface area (Å²) in [5.74, 6) is 1.20. The van der Waals surface area contributed by atoms with E-state index in [0.717, 1.165) is 17.5 Å². The first kappa shape index (κ1) is 14.7. The molecule has 0 aliphatic carbocycles. The van der Waals surface area contributed by atoms with E-state index in [-0.39, 0.29) is 5.78 Å². The largest absolute Gasteiger partial charge is 0.496 e. The Kier molecular flexibility index (Phi) is 5.35. The summed E-state index contributed by atoms with van der Waals surface area (Å²) in [6.07, 6.45) is 1.35. The molecule has 1 aromatic carbocycles. The lowest BCUT2D eigenvalue weighted by Crippen LogP contribution is -2.13. The minimum absolute atomic E-state index is 0.143. The van der Waals surface area contributed by atoms with Crippen molar-refractivity contribution in [1.82, 2.24) is 0 Å². The molecule has 0 saturated heterocycles. The fourth-order valence-electron chi connectivity index (χ4n) is 2.07. The van der Waals surface area contributed by atoms with Crippen LogP contribution in [-0.2, 0) is 0 Å². The van der Waals surface area contributed by atoms with Crippen LogP contribution in [-0.4, -0.2) is 19.4 Å². The molecule has 1 aromatic rings. The number of carbonyl (C=O) groups excluding carboxylic acids is 1. The minimum Gasteiger partial charge on any atom is -0.496 e. The van der Waals surface area contributed by atoms with Crippen LogP contribution in [0.25, 0.3) is 0 Å². The van der Waals surface area contributed by atoms with Crippen LogP contribution in [0.4, 0.5) is 0 Å². The Morgan fingerprint density at radius 1 is 1.39 bits per heavy atom. The SMILES string of the molecule is COc1cc(C)cc(C)c1C(=O)CCC(C)CN. The van der Waals surface area contributed by atoms with Crippen LogP contribution in [0.2, 0.25) is 0 Å². The number of benzene rings is 1. The van der Waals surface area contributed by atoms with Crippen LogP contribution >= 0.6 is 0 Å². The third kappa shape index (κ3) is 3.57. The van der Waals surface area contributed by atoms with Crippen molar-refractivity contribution in [3.8, 4) is 5.75 Å². The molecule has 100 valence electrons. The van der Waals surface area contributed by atoms with Gasteiger partial charge in [-0.15, -0.1) is 0 Å². The van der Waals surface area contributed by atoms with Gasteiger partial charge >= 0.3 is 0 Å². The van der Waals surface area contributed by atoms with Crippen molar-refractivity contribution in [1.29, 1.82) is 0 Å². The number of methoxy groups -OCH3 is 1. The van der Waals surface area contributed by atoms with Gasteiger partial charge in [-0.2, -0.15) is 0 Å². The Morgan fingerprint density at radius 2 is 2.06 bits per heavy atom. The summed E-state index contributed by atoms with van der Waals surface area (Å²) in [5.41, 5.74) is 8.37. The molecule has 1 rings (SSSR count). The van der Waals surface area contributed by atoms with Crippen molar-refractivity contribution < 1.29 is 9.53 Å². The summed E-state index contributed by atoms with van der Waals surface area (Å²) >= 11 is 0. The highest BCUT2D eigenvalue weighted by atomic mass is 16.5. The third-order valence-corrected chi connectivity index (χ3v) is 3.21. The molecule has 0 bridgehead atoms. The zero-order valence-electron chi connectivity index (χ0n) is 11.7. The highest BCUT2D eigenvalue weighted by molar-refractivity contribution is 6.00. The summed E-state index contributed by atoms with van der Waals surface area (Å²) in [4.78, 5) is 12.3. The van der Waals surface area contributed by atoms with E-state index >= 15 is 0 Å². The summed E-state index contributed by atoms with van der Waals surface area (Å²) in [5, 5.41) is 0. The number of aryl methyl sites for hydroxylation is 2. The zero-order chi connectivity index (χ0) is 13.7. The van der Waals surface area contributed by atoms with Gasteiger partial charge in [-0.3, -0.25) is 4.79 Å². The van der Waals surface area contributed by atoms with Gasteiger partial charge in [0.2, 0.25) is 0 Å². The first-order valence-corrected chi connectivity index (χ1v) is 6.38. The molecule has 0 heterocycles. The molecule has 1 unspecified atom stereocenters. The summed E-state index contributed by atoms with van der Waals surface area (Å²) in [6, 6.07) is 3.93. The minimum atomic E-state index is 0.143. The van der Waals surface area contributed by atoms with E-state index in [1.807, 2.05) is 26.0 Å². The molecule has 3 nitrogen and oxygen atoms in total. The number of rotatable bonds is 6. The van der Waals surface area contributed by atoms with Crippen LogP contribution in [0.1, 0.15) is 41.3 Å². The van der Waals surface area contributed by atoms with Crippen LogP contribution in [0.5, 0.6) is 5.75 Å². The van der Waals surface area contributed by atoms with Crippen molar-refractivity contribution in [3.63, 3.8) is 0 Å². The number of hydrogen-bond acceptors (Lipinski definition) is 3. The summed E-state index contributed by atoms with van der Waals surface area (Å²) in [7, 11) is 1.60. The Balaban J connectivity index is 2.91. The van der Waals surface area contributed by atoms with E-state index in [9.17, 15) is 4.79 Å². The Bertz CT molecular complexity index is 427. The fourth-order valence-corrected chi connectivity index (χ4v) is 2.07. The van der Waals surface area contributed by atoms with Gasteiger partial charge in [0.25, 0.3) is 0 Å². The second-order valence-corrected chi connectivity index (χ2v) is 4.96. The first-order chi connectivity index (χ1) is 8.49. The van der Waals surface area contributed by atoms with Crippen molar-refractivity contribution in [2.45, 2.75) is 33.6 Å². The molecule has 0 radical (unpaired) electrons. The first-order valence-electron chi connectivity index (χ1n) is 6.38. The molecule has 0 fully saturated rings. The average Bonchev–Trinajstić information content (AvgIpc) is 2.34. The molecular weight excluding hydrogens is 226 g/mol. The molecular formula is C15H23NO2. The molecule has 0 spiro atoms. The fraction of sp³-hybridized carbons (Fsp3) is 0.533. The third-order valence-electron chi connectivity index (χ3n) is 3.21. The molecule has 0 amide bonds. The van der Waals surface area contributed by atoms with E-state index in [0.29, 0.717) is 30.2 Å². The van der Waals surface area contributed by atoms with Crippen molar-refractivity contribution >= 4 is 5.78 Å². The van der Waals surface area contributed by atoms with Gasteiger partial charge in [0, 0.05) is 6.42 Å². The summed E-state index contributed by atoms with van der Waals surface area (Å²) < 4.78 is 5.32. The lowest BCUT2D eigenvalue weighted by atomic mass is 9.95. The van der Waals surface area contributed by atoms with E-state index in [1.54, 1.807) is 7.11 Å². The van der Waals surface area contributed by atoms with E-state index in [1.165, 1.54) is 0 Å². The standard InChI is InChI=1S/C15H23NO2/c1-10(9-16)5-6-13(17)15-12(3)7-11(2)8-14(15)18-4/h7-8,10H,5-6,9,16H2,1-4H3. The number of ether oxygens (including phenoxy) is 1. The lowest BCUT2D eigenvalue weighted by Gasteiger charge is -2.13. The van der Waals surface area contributed by atoms with Crippen molar-refractivity contribution in [2.24, 2.45) is 11.7 Å². The van der Waals surface area contributed by atoms with Crippen LogP contribution in [0, 0.1) is 19.8 Å².